The molecule has 7 heteroatoms. The summed E-state index contributed by atoms with van der Waals surface area (Å²) >= 11 is 0. The number of benzene rings is 1. The Labute approximate surface area is 136 Å². The van der Waals surface area contributed by atoms with Crippen LogP contribution in [0.15, 0.2) is 42.7 Å². The molecule has 1 atom stereocenters. The van der Waals surface area contributed by atoms with E-state index in [1.54, 1.807) is 6.20 Å². The fourth-order valence-corrected chi connectivity index (χ4v) is 2.60. The van der Waals surface area contributed by atoms with E-state index in [1.165, 1.54) is 12.5 Å². The van der Waals surface area contributed by atoms with E-state index in [0.29, 0.717) is 19.5 Å². The van der Waals surface area contributed by atoms with Crippen LogP contribution in [0.5, 0.6) is 0 Å². The van der Waals surface area contributed by atoms with Crippen LogP contribution in [-0.2, 0) is 27.6 Å². The molecule has 2 aromatic rings. The summed E-state index contributed by atoms with van der Waals surface area (Å²) in [5, 5.41) is 1.61. The highest BCUT2D eigenvalue weighted by molar-refractivity contribution is 7.92. The number of hydrogen-bond acceptors (Lipinski definition) is 4. The third kappa shape index (κ3) is 4.92. The molecule has 1 N–H and O–H groups in total. The van der Waals surface area contributed by atoms with Crippen LogP contribution in [0.4, 0.5) is 0 Å². The Balaban J connectivity index is 1.90. The molecule has 1 aromatic carbocycles. The van der Waals surface area contributed by atoms with Crippen molar-refractivity contribution >= 4 is 15.7 Å². The van der Waals surface area contributed by atoms with Gasteiger partial charge in [-0.1, -0.05) is 30.3 Å². The van der Waals surface area contributed by atoms with Crippen molar-refractivity contribution in [3.05, 3.63) is 54.1 Å². The van der Waals surface area contributed by atoms with E-state index >= 15 is 0 Å². The van der Waals surface area contributed by atoms with Gasteiger partial charge in [-0.2, -0.15) is 0 Å². The van der Waals surface area contributed by atoms with Gasteiger partial charge in [0.1, 0.15) is 11.1 Å². The molecule has 0 aliphatic heterocycles. The minimum Gasteiger partial charge on any atom is -0.355 e. The van der Waals surface area contributed by atoms with Gasteiger partial charge < -0.3 is 9.88 Å². The van der Waals surface area contributed by atoms with Crippen LogP contribution in [0.25, 0.3) is 0 Å². The van der Waals surface area contributed by atoms with E-state index in [9.17, 15) is 13.2 Å². The minimum absolute atomic E-state index is 0.352. The van der Waals surface area contributed by atoms with Gasteiger partial charge in [0.05, 0.1) is 0 Å². The third-order valence-electron chi connectivity index (χ3n) is 3.66. The lowest BCUT2D eigenvalue weighted by Crippen LogP contribution is -2.38. The van der Waals surface area contributed by atoms with E-state index in [-0.39, 0.29) is 0 Å². The van der Waals surface area contributed by atoms with Crippen molar-refractivity contribution in [2.75, 3.05) is 12.8 Å². The van der Waals surface area contributed by atoms with Crippen LogP contribution in [0.3, 0.4) is 0 Å². The average Bonchev–Trinajstić information content (AvgIpc) is 2.93. The number of carbonyl (C=O) groups excluding carboxylic acids is 1. The molecule has 1 amide bonds. The van der Waals surface area contributed by atoms with Crippen molar-refractivity contribution in [3.63, 3.8) is 0 Å². The molecule has 1 aromatic heterocycles. The zero-order valence-corrected chi connectivity index (χ0v) is 14.1. The van der Waals surface area contributed by atoms with Crippen LogP contribution >= 0.6 is 0 Å². The predicted molar refractivity (Wildman–Crippen MR) is 88.8 cm³/mol. The first-order valence-corrected chi connectivity index (χ1v) is 9.34. The summed E-state index contributed by atoms with van der Waals surface area (Å²) < 4.78 is 24.7. The van der Waals surface area contributed by atoms with Crippen molar-refractivity contribution < 1.29 is 13.2 Å². The van der Waals surface area contributed by atoms with Gasteiger partial charge >= 0.3 is 0 Å². The first-order chi connectivity index (χ1) is 10.9. The van der Waals surface area contributed by atoms with Gasteiger partial charge in [-0.15, -0.1) is 0 Å². The van der Waals surface area contributed by atoms with Crippen molar-refractivity contribution in [1.29, 1.82) is 0 Å². The topological polar surface area (TPSA) is 81.1 Å². The molecule has 1 heterocycles. The standard InChI is InChI=1S/C16H21N3O3S/c1-13(23(2,21)22)16(20)18-9-8-15-17-10-11-19(15)12-14-6-4-3-5-7-14/h3-7,10-11,13H,8-9,12H2,1-2H3,(H,18,20). The number of hydrogen-bond donors (Lipinski definition) is 1. The van der Waals surface area contributed by atoms with Gasteiger partial charge in [0.25, 0.3) is 0 Å². The van der Waals surface area contributed by atoms with Crippen molar-refractivity contribution in [2.24, 2.45) is 0 Å². The van der Waals surface area contributed by atoms with Crippen LogP contribution in [0.1, 0.15) is 18.3 Å². The van der Waals surface area contributed by atoms with Crippen LogP contribution in [-0.4, -0.2) is 41.9 Å². The minimum atomic E-state index is -3.37. The second-order valence-electron chi connectivity index (χ2n) is 5.47. The highest BCUT2D eigenvalue weighted by Gasteiger charge is 2.22. The molecule has 0 spiro atoms. The Hall–Kier alpha value is -2.15. The third-order valence-corrected chi connectivity index (χ3v) is 5.16. The van der Waals surface area contributed by atoms with Gasteiger partial charge in [0.15, 0.2) is 9.84 Å². The first kappa shape index (κ1) is 17.2. The molecule has 0 aliphatic rings. The summed E-state index contributed by atoms with van der Waals surface area (Å²) in [5.74, 6) is 0.370. The van der Waals surface area contributed by atoms with E-state index in [0.717, 1.165) is 12.1 Å². The summed E-state index contributed by atoms with van der Waals surface area (Å²) in [6, 6.07) is 10.0. The smallest absolute Gasteiger partial charge is 0.238 e. The predicted octanol–water partition coefficient (Wildman–Crippen LogP) is 1.02. The van der Waals surface area contributed by atoms with Gasteiger partial charge in [-0.25, -0.2) is 13.4 Å². The number of rotatable bonds is 7. The molecule has 2 rings (SSSR count). The van der Waals surface area contributed by atoms with Crippen LogP contribution < -0.4 is 5.32 Å². The average molecular weight is 335 g/mol. The second-order valence-corrected chi connectivity index (χ2v) is 7.84. The molecule has 0 saturated carbocycles. The first-order valence-electron chi connectivity index (χ1n) is 7.38. The van der Waals surface area contributed by atoms with E-state index in [1.807, 2.05) is 41.1 Å². The molecule has 0 aliphatic carbocycles. The number of imidazole rings is 1. The van der Waals surface area contributed by atoms with Gasteiger partial charge in [-0.3, -0.25) is 4.79 Å². The summed E-state index contributed by atoms with van der Waals surface area (Å²) in [4.78, 5) is 16.1. The Bertz CT molecular complexity index is 754. The quantitative estimate of drug-likeness (QED) is 0.819. The molecule has 0 radical (unpaired) electrons. The highest BCUT2D eigenvalue weighted by atomic mass is 32.2. The fraction of sp³-hybridized carbons (Fsp3) is 0.375. The number of amides is 1. The molecule has 0 fully saturated rings. The Kier molecular flexibility index (Phi) is 5.54. The lowest BCUT2D eigenvalue weighted by atomic mass is 10.2. The SMILES string of the molecule is CC(C(=O)NCCc1nccn1Cc1ccccc1)S(C)(=O)=O. The molecule has 0 saturated heterocycles. The summed E-state index contributed by atoms with van der Waals surface area (Å²) in [5.41, 5.74) is 1.17. The van der Waals surface area contributed by atoms with Crippen molar-refractivity contribution in [2.45, 2.75) is 25.1 Å². The molecule has 6 nitrogen and oxygen atoms in total. The highest BCUT2D eigenvalue weighted by Crippen LogP contribution is 2.06. The molecule has 124 valence electrons. The summed E-state index contributed by atoms with van der Waals surface area (Å²) in [6.45, 7) is 2.45. The lowest BCUT2D eigenvalue weighted by molar-refractivity contribution is -0.120. The van der Waals surface area contributed by atoms with Gasteiger partial charge in [0, 0.05) is 38.2 Å². The summed E-state index contributed by atoms with van der Waals surface area (Å²) in [6.07, 6.45) is 5.22. The number of sulfone groups is 1. The number of aromatic nitrogens is 2. The molecular weight excluding hydrogens is 314 g/mol. The normalized spacial score (nSPS) is 12.8. The molecular formula is C16H21N3O3S. The zero-order chi connectivity index (χ0) is 16.9. The van der Waals surface area contributed by atoms with Crippen LogP contribution in [0, 0.1) is 0 Å². The zero-order valence-electron chi connectivity index (χ0n) is 13.3. The second kappa shape index (κ2) is 7.41. The monoisotopic (exact) mass is 335 g/mol. The number of nitrogens with zero attached hydrogens (tertiary/aromatic N) is 2. The lowest BCUT2D eigenvalue weighted by Gasteiger charge is -2.11. The Morgan fingerprint density at radius 2 is 2.00 bits per heavy atom. The Morgan fingerprint density at radius 3 is 2.65 bits per heavy atom. The number of carbonyl (C=O) groups is 1. The van der Waals surface area contributed by atoms with Crippen molar-refractivity contribution in [1.82, 2.24) is 14.9 Å². The maximum Gasteiger partial charge on any atom is 0.238 e. The summed E-state index contributed by atoms with van der Waals surface area (Å²) in [7, 11) is -3.37. The number of nitrogens with one attached hydrogen (secondary N) is 1. The molecule has 1 unspecified atom stereocenters. The van der Waals surface area contributed by atoms with E-state index in [2.05, 4.69) is 10.3 Å². The maximum absolute atomic E-state index is 11.8. The largest absolute Gasteiger partial charge is 0.355 e. The Morgan fingerprint density at radius 1 is 1.30 bits per heavy atom. The maximum atomic E-state index is 11.8. The molecule has 0 bridgehead atoms. The fourth-order valence-electron chi connectivity index (χ4n) is 2.13. The van der Waals surface area contributed by atoms with Crippen molar-refractivity contribution in [3.8, 4) is 0 Å². The van der Waals surface area contributed by atoms with E-state index in [4.69, 9.17) is 0 Å². The molecule has 23 heavy (non-hydrogen) atoms. The van der Waals surface area contributed by atoms with E-state index < -0.39 is 21.0 Å². The van der Waals surface area contributed by atoms with Gasteiger partial charge in [0.2, 0.25) is 5.91 Å². The van der Waals surface area contributed by atoms with Gasteiger partial charge in [-0.05, 0) is 12.5 Å². The van der Waals surface area contributed by atoms with Crippen LogP contribution in [0.2, 0.25) is 0 Å².